The van der Waals surface area contributed by atoms with Gasteiger partial charge in [-0.05, 0) is 23.7 Å². The van der Waals surface area contributed by atoms with Gasteiger partial charge in [-0.25, -0.2) is 5.43 Å². The number of thiocarbonyl (C=S) groups is 1. The second-order valence-electron chi connectivity index (χ2n) is 3.31. The maximum atomic E-state index is 5.19. The Morgan fingerprint density at radius 1 is 1.67 bits per heavy atom. The van der Waals surface area contributed by atoms with Crippen LogP contribution < -0.4 is 10.9 Å². The summed E-state index contributed by atoms with van der Waals surface area (Å²) in [5.74, 6) is 0. The molecular formula is C10H13N3S2. The van der Waals surface area contributed by atoms with E-state index < -0.39 is 0 Å². The molecule has 0 spiro atoms. The average Bonchev–Trinajstić information content (AvgIpc) is 2.83. The molecule has 1 aliphatic rings. The van der Waals surface area contributed by atoms with E-state index in [9.17, 15) is 0 Å². The summed E-state index contributed by atoms with van der Waals surface area (Å²) in [7, 11) is 0. The van der Waals surface area contributed by atoms with E-state index >= 15 is 0 Å². The van der Waals surface area contributed by atoms with Crippen LogP contribution in [0, 0.1) is 0 Å². The number of nitrogens with one attached hydrogen (secondary N) is 2. The van der Waals surface area contributed by atoms with Gasteiger partial charge >= 0.3 is 0 Å². The number of nitrogens with zero attached hydrogens (tertiary/aromatic N) is 1. The quantitative estimate of drug-likeness (QED) is 0.615. The predicted octanol–water partition coefficient (Wildman–Crippen LogP) is 1.50. The fraction of sp³-hybridized carbons (Fsp3) is 0.300. The van der Waals surface area contributed by atoms with Crippen LogP contribution in [-0.2, 0) is 6.42 Å². The van der Waals surface area contributed by atoms with Crippen LogP contribution in [0.4, 0.5) is 0 Å². The lowest BCUT2D eigenvalue weighted by atomic mass is 10.2. The fourth-order valence-corrected chi connectivity index (χ4v) is 2.57. The molecule has 1 aromatic rings. The first-order valence-corrected chi connectivity index (χ1v) is 6.05. The first-order chi connectivity index (χ1) is 7.31. The van der Waals surface area contributed by atoms with Gasteiger partial charge in [-0.3, -0.25) is 5.43 Å². The van der Waals surface area contributed by atoms with Gasteiger partial charge in [0, 0.05) is 17.8 Å². The summed E-state index contributed by atoms with van der Waals surface area (Å²) in [6, 6.07) is 4.21. The molecule has 3 nitrogen and oxygen atoms in total. The molecule has 2 rings (SSSR count). The van der Waals surface area contributed by atoms with E-state index in [2.05, 4.69) is 39.8 Å². The lowest BCUT2D eigenvalue weighted by Gasteiger charge is -2.21. The van der Waals surface area contributed by atoms with Crippen LogP contribution in [0.3, 0.4) is 0 Å². The van der Waals surface area contributed by atoms with E-state index in [1.807, 2.05) is 6.08 Å². The monoisotopic (exact) mass is 239 g/mol. The van der Waals surface area contributed by atoms with E-state index in [1.165, 1.54) is 4.88 Å². The molecule has 0 amide bonds. The highest BCUT2D eigenvalue weighted by Crippen LogP contribution is 2.15. The third-order valence-electron chi connectivity index (χ3n) is 2.28. The SMILES string of the molecule is C=CCN1C(=S)NNC1Cc1cccs1. The van der Waals surface area contributed by atoms with Crippen molar-refractivity contribution < 1.29 is 0 Å². The highest BCUT2D eigenvalue weighted by Gasteiger charge is 2.26. The van der Waals surface area contributed by atoms with Crippen LogP contribution >= 0.6 is 23.6 Å². The van der Waals surface area contributed by atoms with Crippen LogP contribution in [0.15, 0.2) is 30.2 Å². The number of hydrazine groups is 1. The van der Waals surface area contributed by atoms with Crippen LogP contribution in [0.2, 0.25) is 0 Å². The second-order valence-corrected chi connectivity index (χ2v) is 4.73. The minimum Gasteiger partial charge on any atom is -0.327 e. The number of thiophene rings is 1. The van der Waals surface area contributed by atoms with Crippen molar-refractivity contribution in [2.45, 2.75) is 12.6 Å². The van der Waals surface area contributed by atoms with Gasteiger partial charge in [0.15, 0.2) is 5.11 Å². The molecule has 1 saturated heterocycles. The molecule has 0 saturated carbocycles. The largest absolute Gasteiger partial charge is 0.327 e. The summed E-state index contributed by atoms with van der Waals surface area (Å²) in [4.78, 5) is 3.45. The van der Waals surface area contributed by atoms with Gasteiger partial charge in [0.1, 0.15) is 6.17 Å². The van der Waals surface area contributed by atoms with Crippen LogP contribution in [-0.4, -0.2) is 22.7 Å². The molecule has 2 N–H and O–H groups in total. The maximum absolute atomic E-state index is 5.19. The number of hydrogen-bond acceptors (Lipinski definition) is 3. The highest BCUT2D eigenvalue weighted by atomic mass is 32.1. The van der Waals surface area contributed by atoms with Gasteiger partial charge in [0.2, 0.25) is 0 Å². The van der Waals surface area contributed by atoms with Crippen molar-refractivity contribution >= 4 is 28.7 Å². The first kappa shape index (κ1) is 10.6. The second kappa shape index (κ2) is 4.74. The Hall–Kier alpha value is -0.910. The zero-order chi connectivity index (χ0) is 10.7. The molecule has 80 valence electrons. The Kier molecular flexibility index (Phi) is 3.35. The molecule has 1 atom stereocenters. The highest BCUT2D eigenvalue weighted by molar-refractivity contribution is 7.80. The Bertz CT molecular complexity index is 348. The van der Waals surface area contributed by atoms with Gasteiger partial charge in [-0.15, -0.1) is 17.9 Å². The molecule has 15 heavy (non-hydrogen) atoms. The average molecular weight is 239 g/mol. The van der Waals surface area contributed by atoms with E-state index in [0.29, 0.717) is 0 Å². The molecule has 0 aliphatic carbocycles. The Labute approximate surface area is 98.8 Å². The van der Waals surface area contributed by atoms with Crippen molar-refractivity contribution in [3.05, 3.63) is 35.0 Å². The third kappa shape index (κ3) is 2.37. The molecular weight excluding hydrogens is 226 g/mol. The summed E-state index contributed by atoms with van der Waals surface area (Å²) in [6.07, 6.45) is 3.05. The van der Waals surface area contributed by atoms with Gasteiger partial charge in [0.25, 0.3) is 0 Å². The summed E-state index contributed by atoms with van der Waals surface area (Å²) in [5, 5.41) is 2.84. The molecule has 2 heterocycles. The summed E-state index contributed by atoms with van der Waals surface area (Å²) in [5.41, 5.74) is 6.15. The predicted molar refractivity (Wildman–Crippen MR) is 67.6 cm³/mol. The number of rotatable bonds is 4. The lowest BCUT2D eigenvalue weighted by molar-refractivity contribution is 0.332. The maximum Gasteiger partial charge on any atom is 0.185 e. The zero-order valence-electron chi connectivity index (χ0n) is 8.27. The van der Waals surface area contributed by atoms with Crippen molar-refractivity contribution in [3.63, 3.8) is 0 Å². The molecule has 5 heteroatoms. The van der Waals surface area contributed by atoms with Crippen molar-refractivity contribution in [2.75, 3.05) is 6.54 Å². The van der Waals surface area contributed by atoms with Gasteiger partial charge in [-0.2, -0.15) is 0 Å². The van der Waals surface area contributed by atoms with E-state index in [4.69, 9.17) is 12.2 Å². The van der Waals surface area contributed by atoms with Crippen molar-refractivity contribution in [1.82, 2.24) is 15.8 Å². The molecule has 1 aliphatic heterocycles. The minimum atomic E-state index is 0.231. The van der Waals surface area contributed by atoms with Gasteiger partial charge in [0.05, 0.1) is 0 Å². The summed E-state index contributed by atoms with van der Waals surface area (Å²) < 4.78 is 0. The van der Waals surface area contributed by atoms with Crippen LogP contribution in [0.5, 0.6) is 0 Å². The van der Waals surface area contributed by atoms with Crippen LogP contribution in [0.1, 0.15) is 4.88 Å². The molecule has 1 fully saturated rings. The normalized spacial score (nSPS) is 20.4. The standard InChI is InChI=1S/C10H13N3S2/c1-2-5-13-9(11-12-10(13)14)7-8-4-3-6-15-8/h2-4,6,9,11H,1,5,7H2,(H,12,14). The molecule has 0 aromatic carbocycles. The topological polar surface area (TPSA) is 27.3 Å². The van der Waals surface area contributed by atoms with E-state index in [0.717, 1.165) is 18.1 Å². The summed E-state index contributed by atoms with van der Waals surface area (Å²) >= 11 is 6.95. The first-order valence-electron chi connectivity index (χ1n) is 4.76. The lowest BCUT2D eigenvalue weighted by Crippen LogP contribution is -2.38. The van der Waals surface area contributed by atoms with Crippen molar-refractivity contribution in [3.8, 4) is 0 Å². The molecule has 0 bridgehead atoms. The zero-order valence-corrected chi connectivity index (χ0v) is 9.90. The third-order valence-corrected chi connectivity index (χ3v) is 3.52. The summed E-state index contributed by atoms with van der Waals surface area (Å²) in [6.45, 7) is 4.51. The fourth-order valence-electron chi connectivity index (χ4n) is 1.57. The Morgan fingerprint density at radius 2 is 2.53 bits per heavy atom. The molecule has 1 unspecified atom stereocenters. The molecule has 1 aromatic heterocycles. The van der Waals surface area contributed by atoms with Crippen molar-refractivity contribution in [2.24, 2.45) is 0 Å². The van der Waals surface area contributed by atoms with Crippen LogP contribution in [0.25, 0.3) is 0 Å². The van der Waals surface area contributed by atoms with E-state index in [1.54, 1.807) is 11.3 Å². The number of hydrogen-bond donors (Lipinski definition) is 2. The van der Waals surface area contributed by atoms with Gasteiger partial charge in [-0.1, -0.05) is 12.1 Å². The van der Waals surface area contributed by atoms with E-state index in [-0.39, 0.29) is 6.17 Å². The minimum absolute atomic E-state index is 0.231. The van der Waals surface area contributed by atoms with Crippen molar-refractivity contribution in [1.29, 1.82) is 0 Å². The smallest absolute Gasteiger partial charge is 0.185 e. The van der Waals surface area contributed by atoms with Gasteiger partial charge < -0.3 is 4.90 Å². The Balaban J connectivity index is 2.02. The molecule has 0 radical (unpaired) electrons. The Morgan fingerprint density at radius 3 is 3.20 bits per heavy atom.